The van der Waals surface area contributed by atoms with Crippen molar-refractivity contribution in [1.29, 1.82) is 0 Å². The third-order valence-corrected chi connectivity index (χ3v) is 4.97. The van der Waals surface area contributed by atoms with Gasteiger partial charge in [-0.05, 0) is 38.0 Å². The minimum Gasteiger partial charge on any atom is -0.356 e. The van der Waals surface area contributed by atoms with Crippen molar-refractivity contribution in [3.05, 3.63) is 39.8 Å². The maximum absolute atomic E-state index is 12.0. The Hall–Kier alpha value is -2.28. The van der Waals surface area contributed by atoms with Gasteiger partial charge >= 0.3 is 0 Å². The molecular weight excluding hydrogens is 350 g/mol. The second-order valence-electron chi connectivity index (χ2n) is 6.36. The number of nitrogens with zero attached hydrogens (tertiary/aromatic N) is 2. The first-order valence-electron chi connectivity index (χ1n) is 8.81. The monoisotopic (exact) mass is 375 g/mol. The van der Waals surface area contributed by atoms with Crippen molar-refractivity contribution >= 4 is 28.8 Å². The van der Waals surface area contributed by atoms with E-state index in [1.165, 1.54) is 11.3 Å². The van der Waals surface area contributed by atoms with Gasteiger partial charge in [0.15, 0.2) is 5.78 Å². The number of rotatable bonds is 11. The summed E-state index contributed by atoms with van der Waals surface area (Å²) in [5.41, 5.74) is 1.11. The topological polar surface area (TPSA) is 81.1 Å². The van der Waals surface area contributed by atoms with Crippen LogP contribution in [-0.2, 0) is 16.1 Å². The lowest BCUT2D eigenvalue weighted by Gasteiger charge is -2.05. The highest BCUT2D eigenvalue weighted by atomic mass is 32.1. The van der Waals surface area contributed by atoms with Gasteiger partial charge in [0.1, 0.15) is 5.78 Å². The molecule has 0 unspecified atom stereocenters. The van der Waals surface area contributed by atoms with E-state index in [2.05, 4.69) is 10.4 Å². The molecule has 0 fully saturated rings. The van der Waals surface area contributed by atoms with E-state index in [9.17, 15) is 14.4 Å². The molecule has 1 N–H and O–H groups in total. The number of Topliss-reactive ketones (excluding diaryl/α,β-unsaturated/α-hetero) is 2. The van der Waals surface area contributed by atoms with E-state index in [1.54, 1.807) is 12.3 Å². The van der Waals surface area contributed by atoms with Crippen LogP contribution in [-0.4, -0.2) is 33.8 Å². The van der Waals surface area contributed by atoms with Gasteiger partial charge in [0.05, 0.1) is 11.1 Å². The fraction of sp³-hybridized carbons (Fsp3) is 0.474. The highest BCUT2D eigenvalue weighted by molar-refractivity contribution is 7.14. The average molecular weight is 375 g/mol. The Labute approximate surface area is 157 Å². The lowest BCUT2D eigenvalue weighted by Crippen LogP contribution is -2.25. The number of aromatic nitrogens is 2. The quantitative estimate of drug-likeness (QED) is 0.483. The van der Waals surface area contributed by atoms with Crippen LogP contribution in [0.4, 0.5) is 0 Å². The number of thiophene rings is 1. The third-order valence-electron chi connectivity index (χ3n) is 3.93. The molecular formula is C19H25N3O3S. The van der Waals surface area contributed by atoms with Crippen molar-refractivity contribution in [3.8, 4) is 0 Å². The van der Waals surface area contributed by atoms with Crippen molar-refractivity contribution in [3.63, 3.8) is 0 Å². The summed E-state index contributed by atoms with van der Waals surface area (Å²) in [6, 6.07) is 3.70. The minimum atomic E-state index is -0.129. The van der Waals surface area contributed by atoms with Crippen LogP contribution in [0.15, 0.2) is 24.5 Å². The third kappa shape index (κ3) is 6.92. The van der Waals surface area contributed by atoms with Crippen LogP contribution < -0.4 is 5.32 Å². The molecule has 0 aliphatic rings. The summed E-state index contributed by atoms with van der Waals surface area (Å²) < 4.78 is 1.84. The van der Waals surface area contributed by atoms with Crippen LogP contribution in [0.25, 0.3) is 0 Å². The highest BCUT2D eigenvalue weighted by Crippen LogP contribution is 2.17. The number of ketones is 2. The standard InChI is InChI=1S/C19H25N3O3S/c1-14-12-21-22(13-14)11-3-10-20-19(25)9-6-16(23)5-7-17(24)18-8-4-15(2)26-18/h4,8,12-13H,3,5-7,9-11H2,1-2H3,(H,20,25). The molecule has 2 aromatic rings. The van der Waals surface area contributed by atoms with E-state index in [4.69, 9.17) is 0 Å². The van der Waals surface area contributed by atoms with Gasteiger partial charge in [0, 0.05) is 49.8 Å². The number of carbonyl (C=O) groups is 3. The number of hydrogen-bond acceptors (Lipinski definition) is 5. The summed E-state index contributed by atoms with van der Waals surface area (Å²) in [5, 5.41) is 6.99. The predicted molar refractivity (Wildman–Crippen MR) is 101 cm³/mol. The number of hydrogen-bond donors (Lipinski definition) is 1. The molecule has 0 radical (unpaired) electrons. The average Bonchev–Trinajstić information content (AvgIpc) is 3.23. The fourth-order valence-corrected chi connectivity index (χ4v) is 3.32. The zero-order valence-electron chi connectivity index (χ0n) is 15.3. The van der Waals surface area contributed by atoms with Crippen molar-refractivity contribution in [2.24, 2.45) is 0 Å². The second kappa shape index (κ2) is 10.0. The zero-order valence-corrected chi connectivity index (χ0v) is 16.1. The molecule has 0 aromatic carbocycles. The number of carbonyl (C=O) groups excluding carboxylic acids is 3. The lowest BCUT2D eigenvalue weighted by atomic mass is 10.1. The van der Waals surface area contributed by atoms with Crippen LogP contribution in [0.3, 0.4) is 0 Å². The molecule has 7 heteroatoms. The molecule has 2 heterocycles. The molecule has 0 aliphatic heterocycles. The zero-order chi connectivity index (χ0) is 18.9. The molecule has 6 nitrogen and oxygen atoms in total. The van der Waals surface area contributed by atoms with E-state index in [0.717, 1.165) is 23.4 Å². The van der Waals surface area contributed by atoms with Gasteiger partial charge in [-0.1, -0.05) is 0 Å². The lowest BCUT2D eigenvalue weighted by molar-refractivity contribution is -0.125. The van der Waals surface area contributed by atoms with Crippen LogP contribution in [0.2, 0.25) is 0 Å². The first kappa shape index (κ1) is 20.0. The largest absolute Gasteiger partial charge is 0.356 e. The van der Waals surface area contributed by atoms with E-state index >= 15 is 0 Å². The fourth-order valence-electron chi connectivity index (χ4n) is 2.48. The molecule has 0 spiro atoms. The number of amides is 1. The van der Waals surface area contributed by atoms with Crippen molar-refractivity contribution in [2.45, 2.75) is 52.5 Å². The summed E-state index contributed by atoms with van der Waals surface area (Å²) in [5.74, 6) is -0.182. The Morgan fingerprint density at radius 2 is 1.88 bits per heavy atom. The van der Waals surface area contributed by atoms with Gasteiger partial charge in [-0.25, -0.2) is 0 Å². The summed E-state index contributed by atoms with van der Waals surface area (Å²) in [7, 11) is 0. The molecule has 2 rings (SSSR count). The predicted octanol–water partition coefficient (Wildman–Crippen LogP) is 3.08. The maximum atomic E-state index is 12.0. The van der Waals surface area contributed by atoms with Crippen molar-refractivity contribution < 1.29 is 14.4 Å². The molecule has 26 heavy (non-hydrogen) atoms. The van der Waals surface area contributed by atoms with E-state index in [-0.39, 0.29) is 43.2 Å². The normalized spacial score (nSPS) is 10.7. The maximum Gasteiger partial charge on any atom is 0.220 e. The summed E-state index contributed by atoms with van der Waals surface area (Å²) in [4.78, 5) is 37.4. The van der Waals surface area contributed by atoms with Crippen LogP contribution >= 0.6 is 11.3 Å². The SMILES string of the molecule is Cc1cnn(CCCNC(=O)CCC(=O)CCC(=O)c2ccc(C)s2)c1. The van der Waals surface area contributed by atoms with Gasteiger partial charge in [0.2, 0.25) is 5.91 Å². The molecule has 0 saturated heterocycles. The Bertz CT molecular complexity index is 764. The number of aryl methyl sites for hydroxylation is 3. The molecule has 140 valence electrons. The van der Waals surface area contributed by atoms with E-state index < -0.39 is 0 Å². The Kier molecular flexibility index (Phi) is 7.72. The van der Waals surface area contributed by atoms with Crippen LogP contribution in [0.5, 0.6) is 0 Å². The van der Waals surface area contributed by atoms with Gasteiger partial charge in [-0.15, -0.1) is 11.3 Å². The van der Waals surface area contributed by atoms with Crippen LogP contribution in [0.1, 0.15) is 52.2 Å². The molecule has 0 saturated carbocycles. The molecule has 0 bridgehead atoms. The second-order valence-corrected chi connectivity index (χ2v) is 7.64. The molecule has 2 aromatic heterocycles. The molecule has 1 amide bonds. The minimum absolute atomic E-state index is 0.00485. The first-order chi connectivity index (χ1) is 12.4. The molecule has 0 aliphatic carbocycles. The van der Waals surface area contributed by atoms with Gasteiger partial charge < -0.3 is 5.32 Å². The van der Waals surface area contributed by atoms with Gasteiger partial charge in [-0.2, -0.15) is 5.10 Å². The van der Waals surface area contributed by atoms with E-state index in [1.807, 2.05) is 30.8 Å². The van der Waals surface area contributed by atoms with Crippen molar-refractivity contribution in [2.75, 3.05) is 6.54 Å². The smallest absolute Gasteiger partial charge is 0.220 e. The van der Waals surface area contributed by atoms with E-state index in [0.29, 0.717) is 11.4 Å². The molecule has 0 atom stereocenters. The highest BCUT2D eigenvalue weighted by Gasteiger charge is 2.12. The first-order valence-corrected chi connectivity index (χ1v) is 9.63. The summed E-state index contributed by atoms with van der Waals surface area (Å²) in [6.45, 7) is 5.23. The summed E-state index contributed by atoms with van der Waals surface area (Å²) in [6.07, 6.45) is 5.31. The summed E-state index contributed by atoms with van der Waals surface area (Å²) >= 11 is 1.45. The Balaban J connectivity index is 1.55. The van der Waals surface area contributed by atoms with Crippen LogP contribution in [0, 0.1) is 13.8 Å². The van der Waals surface area contributed by atoms with Gasteiger partial charge in [-0.3, -0.25) is 19.1 Å². The number of nitrogens with one attached hydrogen (secondary N) is 1. The van der Waals surface area contributed by atoms with Crippen molar-refractivity contribution in [1.82, 2.24) is 15.1 Å². The Morgan fingerprint density at radius 1 is 1.12 bits per heavy atom. The Morgan fingerprint density at radius 3 is 2.54 bits per heavy atom. The van der Waals surface area contributed by atoms with Gasteiger partial charge in [0.25, 0.3) is 0 Å².